The first-order valence-corrected chi connectivity index (χ1v) is 11.0. The molecule has 1 heterocycles. The van der Waals surface area contributed by atoms with Gasteiger partial charge in [0.15, 0.2) is 0 Å². The third kappa shape index (κ3) is 4.40. The zero-order valence-electron chi connectivity index (χ0n) is 17.0. The van der Waals surface area contributed by atoms with Gasteiger partial charge in [-0.05, 0) is 48.4 Å². The van der Waals surface area contributed by atoms with E-state index in [1.54, 1.807) is 45.4 Å². The van der Waals surface area contributed by atoms with E-state index in [9.17, 15) is 18.0 Å². The van der Waals surface area contributed by atoms with E-state index in [0.29, 0.717) is 24.5 Å². The maximum absolute atomic E-state index is 12.6. The number of sulfonamides is 1. The monoisotopic (exact) mass is 432 g/mol. The highest BCUT2D eigenvalue weighted by Crippen LogP contribution is 2.29. The Morgan fingerprint density at radius 3 is 2.57 bits per heavy atom. The maximum atomic E-state index is 12.6. The standard InChI is InChI=1S/C21H24N2O6S/c1-14-13-30(26,27)23(21(14)25)17-6-4-5-16(11-17)20(24)22-10-9-15-12-18(28-2)7-8-19(15)29-3/h4-8,11-12,14H,9-10,13H2,1-3H3,(H,22,24)/t14-/m0/s1. The van der Waals surface area contributed by atoms with Crippen molar-refractivity contribution >= 4 is 27.5 Å². The van der Waals surface area contributed by atoms with Gasteiger partial charge in [0, 0.05) is 12.1 Å². The number of amides is 2. The van der Waals surface area contributed by atoms with Crippen molar-refractivity contribution in [2.24, 2.45) is 5.92 Å². The molecule has 30 heavy (non-hydrogen) atoms. The predicted molar refractivity (Wildman–Crippen MR) is 112 cm³/mol. The summed E-state index contributed by atoms with van der Waals surface area (Å²) in [7, 11) is -0.573. The summed E-state index contributed by atoms with van der Waals surface area (Å²) in [5.41, 5.74) is 1.33. The molecule has 1 N–H and O–H groups in total. The van der Waals surface area contributed by atoms with Crippen LogP contribution in [0.4, 0.5) is 5.69 Å². The zero-order valence-corrected chi connectivity index (χ0v) is 17.9. The van der Waals surface area contributed by atoms with Crippen molar-refractivity contribution in [3.8, 4) is 11.5 Å². The van der Waals surface area contributed by atoms with Crippen molar-refractivity contribution < 1.29 is 27.5 Å². The molecule has 1 aliphatic rings. The Hall–Kier alpha value is -3.07. The largest absolute Gasteiger partial charge is 0.497 e. The minimum atomic E-state index is -3.72. The first-order chi connectivity index (χ1) is 14.3. The second-order valence-corrected chi connectivity index (χ2v) is 8.88. The van der Waals surface area contributed by atoms with Crippen LogP contribution in [0.25, 0.3) is 0 Å². The van der Waals surface area contributed by atoms with Gasteiger partial charge < -0.3 is 14.8 Å². The quantitative estimate of drug-likeness (QED) is 0.718. The van der Waals surface area contributed by atoms with E-state index in [0.717, 1.165) is 9.87 Å². The number of carbonyl (C=O) groups is 2. The van der Waals surface area contributed by atoms with E-state index >= 15 is 0 Å². The molecular formula is C21H24N2O6S. The molecule has 0 unspecified atom stereocenters. The lowest BCUT2D eigenvalue weighted by molar-refractivity contribution is -0.119. The van der Waals surface area contributed by atoms with Crippen LogP contribution >= 0.6 is 0 Å². The smallest absolute Gasteiger partial charge is 0.251 e. The van der Waals surface area contributed by atoms with Crippen molar-refractivity contribution in [1.29, 1.82) is 0 Å². The van der Waals surface area contributed by atoms with E-state index in [2.05, 4.69) is 5.32 Å². The molecule has 2 aromatic rings. The Morgan fingerprint density at radius 2 is 1.93 bits per heavy atom. The highest BCUT2D eigenvalue weighted by Gasteiger charge is 2.42. The molecule has 0 aromatic heterocycles. The lowest BCUT2D eigenvalue weighted by atomic mass is 10.1. The number of anilines is 1. The number of carbonyl (C=O) groups excluding carboxylic acids is 2. The Bertz CT molecular complexity index is 1070. The van der Waals surface area contributed by atoms with Crippen LogP contribution in [0.15, 0.2) is 42.5 Å². The molecule has 160 valence electrons. The highest BCUT2D eigenvalue weighted by molar-refractivity contribution is 7.94. The molecule has 2 aromatic carbocycles. The van der Waals surface area contributed by atoms with Gasteiger partial charge in [-0.2, -0.15) is 0 Å². The van der Waals surface area contributed by atoms with Gasteiger partial charge in [-0.1, -0.05) is 13.0 Å². The molecule has 2 amide bonds. The van der Waals surface area contributed by atoms with Crippen LogP contribution < -0.4 is 19.1 Å². The van der Waals surface area contributed by atoms with Gasteiger partial charge in [0.25, 0.3) is 5.91 Å². The zero-order chi connectivity index (χ0) is 21.9. The molecule has 0 spiro atoms. The van der Waals surface area contributed by atoms with Gasteiger partial charge in [0.2, 0.25) is 15.9 Å². The average molecular weight is 432 g/mol. The van der Waals surface area contributed by atoms with Crippen LogP contribution in [0.1, 0.15) is 22.8 Å². The van der Waals surface area contributed by atoms with Crippen LogP contribution in [0.2, 0.25) is 0 Å². The first kappa shape index (κ1) is 21.6. The Kier molecular flexibility index (Phi) is 6.31. The van der Waals surface area contributed by atoms with Crippen LogP contribution in [-0.2, 0) is 21.2 Å². The van der Waals surface area contributed by atoms with Gasteiger partial charge in [-0.15, -0.1) is 0 Å². The number of ether oxygens (including phenoxy) is 2. The number of hydrogen-bond donors (Lipinski definition) is 1. The van der Waals surface area contributed by atoms with Gasteiger partial charge >= 0.3 is 0 Å². The molecule has 1 fully saturated rings. The molecule has 3 rings (SSSR count). The molecule has 1 aliphatic heterocycles. The fourth-order valence-electron chi connectivity index (χ4n) is 3.35. The molecule has 9 heteroatoms. The Labute approximate surface area is 175 Å². The average Bonchev–Trinajstić information content (AvgIpc) is 2.94. The lowest BCUT2D eigenvalue weighted by Gasteiger charge is -2.16. The number of methoxy groups -OCH3 is 2. The lowest BCUT2D eigenvalue weighted by Crippen LogP contribution is -2.31. The normalized spacial score (nSPS) is 17.6. The Morgan fingerprint density at radius 1 is 1.17 bits per heavy atom. The molecule has 0 bridgehead atoms. The molecule has 0 aliphatic carbocycles. The summed E-state index contributed by atoms with van der Waals surface area (Å²) in [4.78, 5) is 24.8. The number of rotatable bonds is 7. The summed E-state index contributed by atoms with van der Waals surface area (Å²) in [5, 5.41) is 2.81. The second-order valence-electron chi connectivity index (χ2n) is 7.02. The number of nitrogens with one attached hydrogen (secondary N) is 1. The minimum absolute atomic E-state index is 0.173. The molecule has 0 saturated carbocycles. The van der Waals surface area contributed by atoms with Gasteiger partial charge in [-0.25, -0.2) is 12.7 Å². The van der Waals surface area contributed by atoms with Crippen LogP contribution in [-0.4, -0.2) is 46.7 Å². The van der Waals surface area contributed by atoms with Crippen molar-refractivity contribution in [3.63, 3.8) is 0 Å². The Balaban J connectivity index is 1.70. The van der Waals surface area contributed by atoms with E-state index in [4.69, 9.17) is 9.47 Å². The summed E-state index contributed by atoms with van der Waals surface area (Å²) in [6, 6.07) is 11.5. The SMILES string of the molecule is COc1ccc(OC)c(CCNC(=O)c2cccc(N3C(=O)[C@@H](C)CS3(=O)=O)c2)c1. The number of hydrogen-bond acceptors (Lipinski definition) is 6. The summed E-state index contributed by atoms with van der Waals surface area (Å²) < 4.78 is 35.9. The van der Waals surface area contributed by atoms with Crippen LogP contribution in [0.3, 0.4) is 0 Å². The number of nitrogens with zero attached hydrogens (tertiary/aromatic N) is 1. The molecule has 1 atom stereocenters. The third-order valence-electron chi connectivity index (χ3n) is 4.87. The van der Waals surface area contributed by atoms with Gasteiger partial charge in [0.05, 0.1) is 31.6 Å². The fourth-order valence-corrected chi connectivity index (χ4v) is 5.16. The second kappa shape index (κ2) is 8.74. The molecule has 1 saturated heterocycles. The van der Waals surface area contributed by atoms with Gasteiger partial charge in [-0.3, -0.25) is 9.59 Å². The predicted octanol–water partition coefficient (Wildman–Crippen LogP) is 1.99. The molecular weight excluding hydrogens is 408 g/mol. The minimum Gasteiger partial charge on any atom is -0.497 e. The summed E-state index contributed by atoms with van der Waals surface area (Å²) in [5.74, 6) is -0.307. The van der Waals surface area contributed by atoms with Crippen molar-refractivity contribution in [1.82, 2.24) is 5.32 Å². The van der Waals surface area contributed by atoms with Crippen molar-refractivity contribution in [2.75, 3.05) is 30.8 Å². The topological polar surface area (TPSA) is 102 Å². The van der Waals surface area contributed by atoms with Gasteiger partial charge in [0.1, 0.15) is 11.5 Å². The third-order valence-corrected chi connectivity index (χ3v) is 6.74. The first-order valence-electron chi connectivity index (χ1n) is 9.43. The highest BCUT2D eigenvalue weighted by atomic mass is 32.2. The molecule has 8 nitrogen and oxygen atoms in total. The van der Waals surface area contributed by atoms with Crippen molar-refractivity contribution in [2.45, 2.75) is 13.3 Å². The summed E-state index contributed by atoms with van der Waals surface area (Å²) in [6.07, 6.45) is 0.516. The van der Waals surface area contributed by atoms with E-state index in [1.807, 2.05) is 6.07 Å². The maximum Gasteiger partial charge on any atom is 0.251 e. The molecule has 0 radical (unpaired) electrons. The van der Waals surface area contributed by atoms with Crippen molar-refractivity contribution in [3.05, 3.63) is 53.6 Å². The van der Waals surface area contributed by atoms with Crippen LogP contribution in [0, 0.1) is 5.92 Å². The summed E-state index contributed by atoms with van der Waals surface area (Å²) in [6.45, 7) is 1.91. The fraction of sp³-hybridized carbons (Fsp3) is 0.333. The van der Waals surface area contributed by atoms with E-state index < -0.39 is 21.8 Å². The number of benzene rings is 2. The van der Waals surface area contributed by atoms with E-state index in [-0.39, 0.29) is 22.9 Å². The van der Waals surface area contributed by atoms with E-state index in [1.165, 1.54) is 12.1 Å². The van der Waals surface area contributed by atoms with Crippen LogP contribution in [0.5, 0.6) is 11.5 Å². The summed E-state index contributed by atoms with van der Waals surface area (Å²) >= 11 is 0.